The second kappa shape index (κ2) is 6.48. The first kappa shape index (κ1) is 17.2. The number of hydrogen-bond donors (Lipinski definition) is 2. The van der Waals surface area contributed by atoms with E-state index in [2.05, 4.69) is 10.1 Å². The molecule has 3 N–H and O–H groups in total. The minimum atomic E-state index is -0.537. The summed E-state index contributed by atoms with van der Waals surface area (Å²) in [6.07, 6.45) is -0.0953. The monoisotopic (exact) mass is 365 g/mol. The van der Waals surface area contributed by atoms with Crippen LogP contribution in [0.3, 0.4) is 0 Å². The molecule has 2 amide bonds. The smallest absolute Gasteiger partial charge is 0.259 e. The van der Waals surface area contributed by atoms with Crippen molar-refractivity contribution in [3.05, 3.63) is 53.6 Å². The zero-order valence-corrected chi connectivity index (χ0v) is 14.8. The molecule has 0 saturated carbocycles. The first-order chi connectivity index (χ1) is 13.0. The highest BCUT2D eigenvalue weighted by Crippen LogP contribution is 2.41. The van der Waals surface area contributed by atoms with Crippen molar-refractivity contribution >= 4 is 28.3 Å². The summed E-state index contributed by atoms with van der Waals surface area (Å²) >= 11 is 0. The van der Waals surface area contributed by atoms with Gasteiger partial charge in [-0.1, -0.05) is 24.3 Å². The molecule has 0 fully saturated rings. The van der Waals surface area contributed by atoms with Gasteiger partial charge in [0.15, 0.2) is 5.82 Å². The Morgan fingerprint density at radius 3 is 2.70 bits per heavy atom. The Hall–Kier alpha value is -3.26. The summed E-state index contributed by atoms with van der Waals surface area (Å²) in [7, 11) is 0. The van der Waals surface area contributed by atoms with Gasteiger partial charge in [-0.15, -0.1) is 0 Å². The fraction of sp³-hybridized carbons (Fsp3) is 0.263. The van der Waals surface area contributed by atoms with Crippen LogP contribution in [0.2, 0.25) is 0 Å². The Kier molecular flexibility index (Phi) is 4.12. The summed E-state index contributed by atoms with van der Waals surface area (Å²) in [5, 5.41) is 15.5. The van der Waals surface area contributed by atoms with Gasteiger partial charge in [0.2, 0.25) is 5.91 Å². The molecule has 0 bridgehead atoms. The van der Waals surface area contributed by atoms with E-state index < -0.39 is 11.9 Å². The number of amides is 2. The SMILES string of the molecule is C[C@@H](c1nc(CC(N)=O)nn1CCO)N1C(=O)c2cccc3cccc1c23. The number of nitrogens with zero attached hydrogens (tertiary/aromatic N) is 4. The number of nitrogens with two attached hydrogens (primary N) is 1. The molecule has 0 spiro atoms. The summed E-state index contributed by atoms with van der Waals surface area (Å²) < 4.78 is 1.53. The van der Waals surface area contributed by atoms with Crippen LogP contribution in [0.1, 0.15) is 35.0 Å². The molecule has 138 valence electrons. The van der Waals surface area contributed by atoms with Crippen molar-refractivity contribution in [1.29, 1.82) is 0 Å². The van der Waals surface area contributed by atoms with Gasteiger partial charge in [0.1, 0.15) is 5.82 Å². The van der Waals surface area contributed by atoms with Crippen LogP contribution in [0, 0.1) is 0 Å². The first-order valence-corrected chi connectivity index (χ1v) is 8.69. The van der Waals surface area contributed by atoms with Gasteiger partial charge in [-0.25, -0.2) is 9.67 Å². The molecule has 2 heterocycles. The molecule has 4 rings (SSSR count). The lowest BCUT2D eigenvalue weighted by atomic mass is 10.1. The average Bonchev–Trinajstić information content (AvgIpc) is 3.15. The Morgan fingerprint density at radius 2 is 2.00 bits per heavy atom. The molecule has 1 atom stereocenters. The number of aromatic nitrogens is 3. The van der Waals surface area contributed by atoms with Gasteiger partial charge in [0, 0.05) is 10.9 Å². The maximum absolute atomic E-state index is 13.1. The van der Waals surface area contributed by atoms with Crippen LogP contribution in [0.15, 0.2) is 36.4 Å². The van der Waals surface area contributed by atoms with Crippen molar-refractivity contribution in [2.75, 3.05) is 11.5 Å². The van der Waals surface area contributed by atoms with Gasteiger partial charge in [-0.2, -0.15) is 5.10 Å². The summed E-state index contributed by atoms with van der Waals surface area (Å²) in [5.74, 6) is 0.132. The van der Waals surface area contributed by atoms with Crippen molar-refractivity contribution in [3.8, 4) is 0 Å². The molecule has 8 heteroatoms. The number of aliphatic hydroxyl groups excluding tert-OH is 1. The second-order valence-electron chi connectivity index (χ2n) is 6.51. The van der Waals surface area contributed by atoms with E-state index >= 15 is 0 Å². The molecular weight excluding hydrogens is 346 g/mol. The van der Waals surface area contributed by atoms with E-state index in [1.54, 1.807) is 4.90 Å². The quantitative estimate of drug-likeness (QED) is 0.681. The topological polar surface area (TPSA) is 114 Å². The number of benzene rings is 2. The minimum Gasteiger partial charge on any atom is -0.394 e. The van der Waals surface area contributed by atoms with Crippen LogP contribution < -0.4 is 10.6 Å². The molecule has 1 aromatic heterocycles. The summed E-state index contributed by atoms with van der Waals surface area (Å²) in [6, 6.07) is 11.0. The summed E-state index contributed by atoms with van der Waals surface area (Å²) in [5.41, 5.74) is 6.71. The third-order valence-electron chi connectivity index (χ3n) is 4.74. The molecule has 1 aliphatic heterocycles. The van der Waals surface area contributed by atoms with E-state index in [0.717, 1.165) is 16.5 Å². The molecule has 3 aromatic rings. The van der Waals surface area contributed by atoms with E-state index in [4.69, 9.17) is 5.73 Å². The number of carbonyl (C=O) groups is 2. The number of carbonyl (C=O) groups excluding carboxylic acids is 2. The lowest BCUT2D eigenvalue weighted by Gasteiger charge is -2.25. The van der Waals surface area contributed by atoms with Crippen molar-refractivity contribution < 1.29 is 14.7 Å². The molecule has 0 saturated heterocycles. The number of hydrogen-bond acceptors (Lipinski definition) is 5. The maximum Gasteiger partial charge on any atom is 0.259 e. The Balaban J connectivity index is 1.79. The summed E-state index contributed by atoms with van der Waals surface area (Å²) in [6.45, 7) is 1.93. The van der Waals surface area contributed by atoms with Crippen LogP contribution in [-0.4, -0.2) is 38.3 Å². The van der Waals surface area contributed by atoms with Gasteiger partial charge in [-0.3, -0.25) is 14.5 Å². The highest BCUT2D eigenvalue weighted by molar-refractivity contribution is 6.25. The summed E-state index contributed by atoms with van der Waals surface area (Å²) in [4.78, 5) is 30.4. The second-order valence-corrected chi connectivity index (χ2v) is 6.51. The van der Waals surface area contributed by atoms with Crippen molar-refractivity contribution in [2.45, 2.75) is 25.9 Å². The third-order valence-corrected chi connectivity index (χ3v) is 4.74. The van der Waals surface area contributed by atoms with Crippen LogP contribution in [0.25, 0.3) is 10.8 Å². The number of aliphatic hydroxyl groups is 1. The molecule has 8 nitrogen and oxygen atoms in total. The van der Waals surface area contributed by atoms with Gasteiger partial charge in [-0.05, 0) is 24.4 Å². The minimum absolute atomic E-state index is 0.0953. The average molecular weight is 365 g/mol. The highest BCUT2D eigenvalue weighted by Gasteiger charge is 2.35. The lowest BCUT2D eigenvalue weighted by molar-refractivity contribution is -0.117. The molecular formula is C19H19N5O3. The Morgan fingerprint density at radius 1 is 1.26 bits per heavy atom. The first-order valence-electron chi connectivity index (χ1n) is 8.69. The van der Waals surface area contributed by atoms with E-state index in [-0.39, 0.29) is 31.3 Å². The van der Waals surface area contributed by atoms with Crippen molar-refractivity contribution in [1.82, 2.24) is 14.8 Å². The van der Waals surface area contributed by atoms with Gasteiger partial charge >= 0.3 is 0 Å². The lowest BCUT2D eigenvalue weighted by Crippen LogP contribution is -2.32. The fourth-order valence-corrected chi connectivity index (χ4v) is 3.64. The van der Waals surface area contributed by atoms with Crippen LogP contribution in [0.4, 0.5) is 5.69 Å². The maximum atomic E-state index is 13.1. The number of anilines is 1. The Labute approximate surface area is 155 Å². The third kappa shape index (κ3) is 2.74. The molecule has 1 aliphatic rings. The Bertz CT molecular complexity index is 1050. The fourth-order valence-electron chi connectivity index (χ4n) is 3.64. The predicted octanol–water partition coefficient (Wildman–Crippen LogP) is 1.17. The van der Waals surface area contributed by atoms with Gasteiger partial charge in [0.25, 0.3) is 5.91 Å². The van der Waals surface area contributed by atoms with E-state index in [9.17, 15) is 14.7 Å². The van der Waals surface area contributed by atoms with E-state index in [1.807, 2.05) is 43.3 Å². The van der Waals surface area contributed by atoms with Crippen LogP contribution >= 0.6 is 0 Å². The standard InChI is InChI=1S/C19H19N5O3/c1-11(18-21-16(10-15(20)26)22-23(18)8-9-25)24-14-7-3-5-12-4-2-6-13(17(12)14)19(24)27/h2-7,11,25H,8-10H2,1H3,(H2,20,26)/t11-/m0/s1. The highest BCUT2D eigenvalue weighted by atomic mass is 16.3. The number of primary amides is 1. The van der Waals surface area contributed by atoms with Crippen molar-refractivity contribution in [2.24, 2.45) is 5.73 Å². The molecule has 0 aliphatic carbocycles. The van der Waals surface area contributed by atoms with E-state index in [0.29, 0.717) is 11.4 Å². The van der Waals surface area contributed by atoms with Gasteiger partial charge < -0.3 is 10.8 Å². The van der Waals surface area contributed by atoms with Crippen LogP contribution in [-0.2, 0) is 17.8 Å². The predicted molar refractivity (Wildman–Crippen MR) is 99.2 cm³/mol. The van der Waals surface area contributed by atoms with Crippen LogP contribution in [0.5, 0.6) is 0 Å². The zero-order valence-electron chi connectivity index (χ0n) is 14.8. The molecule has 0 unspecified atom stereocenters. The zero-order chi connectivity index (χ0) is 19.1. The van der Waals surface area contributed by atoms with E-state index in [1.165, 1.54) is 4.68 Å². The number of rotatable bonds is 6. The largest absolute Gasteiger partial charge is 0.394 e. The molecule has 2 aromatic carbocycles. The van der Waals surface area contributed by atoms with Crippen molar-refractivity contribution in [3.63, 3.8) is 0 Å². The molecule has 27 heavy (non-hydrogen) atoms. The normalized spacial score (nSPS) is 14.1. The van der Waals surface area contributed by atoms with Gasteiger partial charge in [0.05, 0.1) is 31.3 Å². The molecule has 0 radical (unpaired) electrons.